The minimum atomic E-state index is 0.843. The summed E-state index contributed by atoms with van der Waals surface area (Å²) in [5.74, 6) is 0. The second-order valence-electron chi connectivity index (χ2n) is 4.61. The van der Waals surface area contributed by atoms with Gasteiger partial charge in [0.25, 0.3) is 0 Å². The van der Waals surface area contributed by atoms with Crippen molar-refractivity contribution in [3.05, 3.63) is 60.4 Å². The first-order valence-electron chi connectivity index (χ1n) is 6.73. The van der Waals surface area contributed by atoms with Crippen molar-refractivity contribution in [3.8, 4) is 0 Å². The third-order valence-corrected chi connectivity index (χ3v) is 3.08. The molecule has 100 valence electrons. The molecule has 0 fully saturated rings. The first-order valence-corrected chi connectivity index (χ1v) is 6.73. The Morgan fingerprint density at radius 2 is 1.84 bits per heavy atom. The quantitative estimate of drug-likeness (QED) is 0.771. The number of pyridine rings is 1. The zero-order chi connectivity index (χ0) is 13.3. The Morgan fingerprint density at radius 1 is 1.05 bits per heavy atom. The van der Waals surface area contributed by atoms with Crippen LogP contribution in [0.5, 0.6) is 0 Å². The zero-order valence-corrected chi connectivity index (χ0v) is 11.4. The molecule has 0 bridgehead atoms. The molecule has 3 nitrogen and oxygen atoms in total. The molecule has 0 aliphatic heterocycles. The highest BCUT2D eigenvalue weighted by Gasteiger charge is 1.99. The van der Waals surface area contributed by atoms with Gasteiger partial charge in [0.05, 0.1) is 5.69 Å². The molecule has 2 rings (SSSR count). The molecule has 0 amide bonds. The minimum Gasteiger partial charge on any atom is -0.375 e. The molecular formula is C16H21N3. The zero-order valence-electron chi connectivity index (χ0n) is 11.4. The highest BCUT2D eigenvalue weighted by molar-refractivity contribution is 5.44. The maximum Gasteiger partial charge on any atom is 0.0541 e. The molecule has 1 aromatic carbocycles. The Morgan fingerprint density at radius 3 is 2.58 bits per heavy atom. The van der Waals surface area contributed by atoms with Gasteiger partial charge in [0.15, 0.2) is 0 Å². The highest BCUT2D eigenvalue weighted by Crippen LogP contribution is 2.10. The Labute approximate surface area is 115 Å². The fourth-order valence-corrected chi connectivity index (χ4v) is 1.97. The number of hydrogen-bond donors (Lipinski definition) is 1. The average Bonchev–Trinajstić information content (AvgIpc) is 2.49. The average molecular weight is 255 g/mol. The van der Waals surface area contributed by atoms with Crippen molar-refractivity contribution in [2.75, 3.05) is 25.0 Å². The van der Waals surface area contributed by atoms with Crippen molar-refractivity contribution >= 4 is 5.69 Å². The lowest BCUT2D eigenvalue weighted by atomic mass is 10.3. The maximum atomic E-state index is 4.29. The van der Waals surface area contributed by atoms with E-state index < -0.39 is 0 Å². The summed E-state index contributed by atoms with van der Waals surface area (Å²) in [6.45, 7) is 2.91. The van der Waals surface area contributed by atoms with Crippen LogP contribution < -0.4 is 10.2 Å². The third kappa shape index (κ3) is 4.72. The fraction of sp³-hybridized carbons (Fsp3) is 0.312. The van der Waals surface area contributed by atoms with Crippen molar-refractivity contribution in [1.82, 2.24) is 10.3 Å². The van der Waals surface area contributed by atoms with E-state index in [-0.39, 0.29) is 0 Å². The van der Waals surface area contributed by atoms with Crippen LogP contribution in [0.1, 0.15) is 12.1 Å². The van der Waals surface area contributed by atoms with E-state index >= 15 is 0 Å². The van der Waals surface area contributed by atoms with Gasteiger partial charge in [-0.3, -0.25) is 4.98 Å². The Balaban J connectivity index is 1.62. The molecule has 2 aromatic rings. The van der Waals surface area contributed by atoms with Crippen molar-refractivity contribution in [2.24, 2.45) is 0 Å². The topological polar surface area (TPSA) is 28.2 Å². The van der Waals surface area contributed by atoms with Crippen molar-refractivity contribution in [1.29, 1.82) is 0 Å². The van der Waals surface area contributed by atoms with Gasteiger partial charge in [-0.15, -0.1) is 0 Å². The summed E-state index contributed by atoms with van der Waals surface area (Å²) in [5.41, 5.74) is 2.37. The van der Waals surface area contributed by atoms with E-state index in [2.05, 4.69) is 46.5 Å². The number of para-hydroxylation sites is 1. The van der Waals surface area contributed by atoms with E-state index in [1.165, 1.54) is 5.69 Å². The first kappa shape index (κ1) is 13.6. The smallest absolute Gasteiger partial charge is 0.0541 e. The monoisotopic (exact) mass is 255 g/mol. The van der Waals surface area contributed by atoms with Crippen molar-refractivity contribution in [3.63, 3.8) is 0 Å². The van der Waals surface area contributed by atoms with E-state index in [0.29, 0.717) is 0 Å². The summed E-state index contributed by atoms with van der Waals surface area (Å²) in [7, 11) is 2.13. The number of nitrogens with one attached hydrogen (secondary N) is 1. The van der Waals surface area contributed by atoms with Crippen molar-refractivity contribution in [2.45, 2.75) is 13.0 Å². The molecule has 0 radical (unpaired) electrons. The molecule has 0 saturated heterocycles. The van der Waals surface area contributed by atoms with Gasteiger partial charge >= 0.3 is 0 Å². The van der Waals surface area contributed by atoms with Crippen LogP contribution in [-0.2, 0) is 6.54 Å². The first-order chi connectivity index (χ1) is 9.36. The van der Waals surface area contributed by atoms with Gasteiger partial charge in [0.2, 0.25) is 0 Å². The van der Waals surface area contributed by atoms with Gasteiger partial charge in [-0.25, -0.2) is 0 Å². The minimum absolute atomic E-state index is 0.843. The van der Waals surface area contributed by atoms with Crippen LogP contribution in [-0.4, -0.2) is 25.1 Å². The second kappa shape index (κ2) is 7.54. The summed E-state index contributed by atoms with van der Waals surface area (Å²) in [5, 5.41) is 3.42. The summed E-state index contributed by atoms with van der Waals surface area (Å²) >= 11 is 0. The molecule has 0 spiro atoms. The SMILES string of the molecule is CN(CCCNCc1ccccn1)c1ccccc1. The molecule has 1 aromatic heterocycles. The van der Waals surface area contributed by atoms with Crippen LogP contribution in [0.2, 0.25) is 0 Å². The number of nitrogens with zero attached hydrogens (tertiary/aromatic N) is 2. The van der Waals surface area contributed by atoms with E-state index in [1.807, 2.05) is 30.5 Å². The van der Waals surface area contributed by atoms with Crippen LogP contribution in [0.3, 0.4) is 0 Å². The molecule has 1 N–H and O–H groups in total. The molecule has 19 heavy (non-hydrogen) atoms. The molecule has 0 unspecified atom stereocenters. The molecular weight excluding hydrogens is 234 g/mol. The predicted molar refractivity (Wildman–Crippen MR) is 80.3 cm³/mol. The molecule has 0 atom stereocenters. The second-order valence-corrected chi connectivity index (χ2v) is 4.61. The Bertz CT molecular complexity index is 456. The summed E-state index contributed by atoms with van der Waals surface area (Å²) < 4.78 is 0. The maximum absolute atomic E-state index is 4.29. The van der Waals surface area contributed by atoms with Gasteiger partial charge < -0.3 is 10.2 Å². The van der Waals surface area contributed by atoms with Crippen LogP contribution in [0.15, 0.2) is 54.7 Å². The number of anilines is 1. The largest absolute Gasteiger partial charge is 0.375 e. The normalized spacial score (nSPS) is 10.4. The van der Waals surface area contributed by atoms with Crippen LogP contribution in [0.4, 0.5) is 5.69 Å². The summed E-state index contributed by atoms with van der Waals surface area (Å²) in [6, 6.07) is 16.5. The lowest BCUT2D eigenvalue weighted by molar-refractivity contribution is 0.638. The number of aromatic nitrogens is 1. The van der Waals surface area contributed by atoms with Crippen LogP contribution in [0.25, 0.3) is 0 Å². The molecule has 1 heterocycles. The molecule has 0 aliphatic carbocycles. The van der Waals surface area contributed by atoms with Gasteiger partial charge in [-0.1, -0.05) is 24.3 Å². The number of hydrogen-bond acceptors (Lipinski definition) is 3. The molecule has 0 aliphatic rings. The number of benzene rings is 1. The lowest BCUT2D eigenvalue weighted by Gasteiger charge is -2.19. The molecule has 3 heteroatoms. The fourth-order valence-electron chi connectivity index (χ4n) is 1.97. The van der Waals surface area contributed by atoms with E-state index in [1.54, 1.807) is 0 Å². The summed E-state index contributed by atoms with van der Waals surface area (Å²) in [4.78, 5) is 6.57. The third-order valence-electron chi connectivity index (χ3n) is 3.08. The standard InChI is InChI=1S/C16H21N3/c1-19(16-9-3-2-4-10-16)13-7-11-17-14-15-8-5-6-12-18-15/h2-6,8-10,12,17H,7,11,13-14H2,1H3. The Hall–Kier alpha value is -1.87. The van der Waals surface area contributed by atoms with Gasteiger partial charge in [0, 0.05) is 32.0 Å². The Kier molecular flexibility index (Phi) is 5.38. The molecule has 0 saturated carbocycles. The lowest BCUT2D eigenvalue weighted by Crippen LogP contribution is -2.23. The summed E-state index contributed by atoms with van der Waals surface area (Å²) in [6.07, 6.45) is 2.96. The van der Waals surface area contributed by atoms with E-state index in [9.17, 15) is 0 Å². The van der Waals surface area contributed by atoms with E-state index in [4.69, 9.17) is 0 Å². The highest BCUT2D eigenvalue weighted by atomic mass is 15.1. The predicted octanol–water partition coefficient (Wildman–Crippen LogP) is 2.70. The van der Waals surface area contributed by atoms with Gasteiger partial charge in [-0.05, 0) is 37.2 Å². The number of rotatable bonds is 7. The van der Waals surface area contributed by atoms with Gasteiger partial charge in [-0.2, -0.15) is 0 Å². The van der Waals surface area contributed by atoms with E-state index in [0.717, 1.165) is 31.7 Å². The van der Waals surface area contributed by atoms with Crippen molar-refractivity contribution < 1.29 is 0 Å². The van der Waals surface area contributed by atoms with Gasteiger partial charge in [0.1, 0.15) is 0 Å². The van der Waals surface area contributed by atoms with Crippen LogP contribution in [0, 0.1) is 0 Å². The van der Waals surface area contributed by atoms with Crippen LogP contribution >= 0.6 is 0 Å².